The van der Waals surface area contributed by atoms with Crippen LogP contribution in [0.1, 0.15) is 39.7 Å². The second kappa shape index (κ2) is 7.90. The Balaban J connectivity index is 2.71. The molecular weight excluding hydrogens is 288 g/mol. The number of hydrogen-bond donors (Lipinski definition) is 1. The molecule has 102 valence electrons. The maximum Gasteiger partial charge on any atom is 0.0410 e. The molecular formula is C15H25BrN2. The molecule has 0 spiro atoms. The van der Waals surface area contributed by atoms with Gasteiger partial charge in [-0.2, -0.15) is 0 Å². The van der Waals surface area contributed by atoms with E-state index in [-0.39, 0.29) is 0 Å². The quantitative estimate of drug-likeness (QED) is 0.821. The van der Waals surface area contributed by atoms with Crippen LogP contribution in [0.3, 0.4) is 0 Å². The van der Waals surface area contributed by atoms with E-state index >= 15 is 0 Å². The van der Waals surface area contributed by atoms with Crippen molar-refractivity contribution >= 4 is 15.9 Å². The highest BCUT2D eigenvalue weighted by Gasteiger charge is 2.20. The summed E-state index contributed by atoms with van der Waals surface area (Å²) in [5, 5.41) is 3.68. The van der Waals surface area contributed by atoms with Crippen LogP contribution in [0.2, 0.25) is 0 Å². The van der Waals surface area contributed by atoms with Gasteiger partial charge >= 0.3 is 0 Å². The Kier molecular flexibility index (Phi) is 6.87. The molecule has 1 aromatic rings. The van der Waals surface area contributed by atoms with Crippen molar-refractivity contribution in [1.82, 2.24) is 10.3 Å². The Morgan fingerprint density at radius 3 is 2.56 bits per heavy atom. The van der Waals surface area contributed by atoms with E-state index < -0.39 is 0 Å². The molecule has 0 aliphatic carbocycles. The fourth-order valence-corrected chi connectivity index (χ4v) is 2.47. The molecule has 1 heterocycles. The molecule has 0 aliphatic rings. The molecule has 0 saturated carbocycles. The van der Waals surface area contributed by atoms with Crippen LogP contribution in [0.5, 0.6) is 0 Å². The number of aromatic nitrogens is 1. The Hall–Kier alpha value is -0.410. The first-order chi connectivity index (χ1) is 8.54. The van der Waals surface area contributed by atoms with E-state index in [4.69, 9.17) is 0 Å². The van der Waals surface area contributed by atoms with Gasteiger partial charge in [-0.3, -0.25) is 4.98 Å². The van der Waals surface area contributed by atoms with E-state index in [1.165, 1.54) is 12.0 Å². The summed E-state index contributed by atoms with van der Waals surface area (Å²) in [7, 11) is 0. The summed E-state index contributed by atoms with van der Waals surface area (Å²) >= 11 is 3.49. The topological polar surface area (TPSA) is 24.9 Å². The molecule has 3 heteroatoms. The minimum absolute atomic E-state index is 0.529. The second-order valence-corrected chi connectivity index (χ2v) is 6.29. The van der Waals surface area contributed by atoms with Crippen LogP contribution in [0.4, 0.5) is 0 Å². The molecule has 2 nitrogen and oxygen atoms in total. The lowest BCUT2D eigenvalue weighted by Gasteiger charge is -2.28. The number of pyridine rings is 1. The van der Waals surface area contributed by atoms with Crippen molar-refractivity contribution in [1.29, 1.82) is 0 Å². The highest BCUT2D eigenvalue weighted by Crippen LogP contribution is 2.19. The number of rotatable bonds is 7. The van der Waals surface area contributed by atoms with Gasteiger partial charge in [-0.15, -0.1) is 0 Å². The van der Waals surface area contributed by atoms with Gasteiger partial charge in [0.1, 0.15) is 0 Å². The van der Waals surface area contributed by atoms with Crippen LogP contribution >= 0.6 is 15.9 Å². The fourth-order valence-electron chi connectivity index (χ4n) is 2.06. The SMILES string of the molecule is CCCNC(Cc1cncc(Br)c1)C(C)C(C)C. The van der Waals surface area contributed by atoms with Crippen molar-refractivity contribution in [3.63, 3.8) is 0 Å². The summed E-state index contributed by atoms with van der Waals surface area (Å²) in [6, 6.07) is 2.70. The minimum atomic E-state index is 0.529. The lowest BCUT2D eigenvalue weighted by Crippen LogP contribution is -2.39. The molecule has 0 bridgehead atoms. The smallest absolute Gasteiger partial charge is 0.0410 e. The summed E-state index contributed by atoms with van der Waals surface area (Å²) in [4.78, 5) is 4.25. The van der Waals surface area contributed by atoms with Crippen LogP contribution < -0.4 is 5.32 Å². The summed E-state index contributed by atoms with van der Waals surface area (Å²) in [5.41, 5.74) is 1.30. The molecule has 1 rings (SSSR count). The van der Waals surface area contributed by atoms with Crippen molar-refractivity contribution in [3.05, 3.63) is 28.5 Å². The van der Waals surface area contributed by atoms with E-state index in [9.17, 15) is 0 Å². The van der Waals surface area contributed by atoms with Gasteiger partial charge in [0, 0.05) is 22.9 Å². The van der Waals surface area contributed by atoms with E-state index in [0.29, 0.717) is 17.9 Å². The minimum Gasteiger partial charge on any atom is -0.313 e. The molecule has 1 N–H and O–H groups in total. The van der Waals surface area contributed by atoms with Gasteiger partial charge in [0.05, 0.1) is 0 Å². The monoisotopic (exact) mass is 312 g/mol. The molecule has 0 aliphatic heterocycles. The van der Waals surface area contributed by atoms with E-state index in [1.54, 1.807) is 0 Å². The van der Waals surface area contributed by atoms with E-state index in [0.717, 1.165) is 17.4 Å². The van der Waals surface area contributed by atoms with Crippen molar-refractivity contribution in [2.24, 2.45) is 11.8 Å². The third-order valence-corrected chi connectivity index (χ3v) is 3.99. The number of nitrogens with one attached hydrogen (secondary N) is 1. The van der Waals surface area contributed by atoms with Crippen LogP contribution in [0.25, 0.3) is 0 Å². The molecule has 0 fully saturated rings. The lowest BCUT2D eigenvalue weighted by molar-refractivity contribution is 0.297. The van der Waals surface area contributed by atoms with E-state index in [1.807, 2.05) is 12.4 Å². The van der Waals surface area contributed by atoms with Crippen molar-refractivity contribution in [3.8, 4) is 0 Å². The molecule has 0 aromatic carbocycles. The Bertz CT molecular complexity index is 352. The van der Waals surface area contributed by atoms with Crippen LogP contribution in [-0.4, -0.2) is 17.6 Å². The first-order valence-electron chi connectivity index (χ1n) is 6.87. The largest absolute Gasteiger partial charge is 0.313 e. The standard InChI is InChI=1S/C15H25BrN2/c1-5-6-18-15(12(4)11(2)3)8-13-7-14(16)10-17-9-13/h7,9-12,15,18H,5-6,8H2,1-4H3. The van der Waals surface area contributed by atoms with Crippen molar-refractivity contribution < 1.29 is 0 Å². The van der Waals surface area contributed by atoms with Crippen LogP contribution in [0.15, 0.2) is 22.9 Å². The maximum absolute atomic E-state index is 4.25. The number of nitrogens with zero attached hydrogens (tertiary/aromatic N) is 1. The predicted molar refractivity (Wildman–Crippen MR) is 81.7 cm³/mol. The highest BCUT2D eigenvalue weighted by molar-refractivity contribution is 9.10. The zero-order valence-corrected chi connectivity index (χ0v) is 13.5. The molecule has 0 radical (unpaired) electrons. The second-order valence-electron chi connectivity index (χ2n) is 5.38. The molecule has 0 saturated heterocycles. The third-order valence-electron chi connectivity index (χ3n) is 3.56. The maximum atomic E-state index is 4.25. The number of hydrogen-bond acceptors (Lipinski definition) is 2. The van der Waals surface area contributed by atoms with Gasteiger partial charge < -0.3 is 5.32 Å². The van der Waals surface area contributed by atoms with Gasteiger partial charge in [-0.05, 0) is 58.8 Å². The van der Waals surface area contributed by atoms with Gasteiger partial charge in [-0.1, -0.05) is 27.7 Å². The fraction of sp³-hybridized carbons (Fsp3) is 0.667. The van der Waals surface area contributed by atoms with E-state index in [2.05, 4.69) is 60.0 Å². The molecule has 1 aromatic heterocycles. The normalized spacial score (nSPS) is 14.8. The summed E-state index contributed by atoms with van der Waals surface area (Å²) in [5.74, 6) is 1.36. The average molecular weight is 313 g/mol. The first kappa shape index (κ1) is 15.6. The first-order valence-corrected chi connectivity index (χ1v) is 7.66. The van der Waals surface area contributed by atoms with Gasteiger partial charge in [0.2, 0.25) is 0 Å². The lowest BCUT2D eigenvalue weighted by atomic mass is 9.87. The van der Waals surface area contributed by atoms with Crippen LogP contribution in [0, 0.1) is 11.8 Å². The van der Waals surface area contributed by atoms with Crippen molar-refractivity contribution in [2.75, 3.05) is 6.54 Å². The Morgan fingerprint density at radius 1 is 1.28 bits per heavy atom. The summed E-state index contributed by atoms with van der Waals surface area (Å²) < 4.78 is 1.06. The predicted octanol–water partition coefficient (Wildman–Crippen LogP) is 4.05. The summed E-state index contributed by atoms with van der Waals surface area (Å²) in [6.45, 7) is 10.2. The third kappa shape index (κ3) is 5.07. The van der Waals surface area contributed by atoms with Crippen LogP contribution in [-0.2, 0) is 6.42 Å². The molecule has 2 atom stereocenters. The zero-order chi connectivity index (χ0) is 13.5. The molecule has 18 heavy (non-hydrogen) atoms. The summed E-state index contributed by atoms with van der Waals surface area (Å²) in [6.07, 6.45) is 6.03. The molecule has 2 unspecified atom stereocenters. The van der Waals surface area contributed by atoms with Gasteiger partial charge in [0.25, 0.3) is 0 Å². The Morgan fingerprint density at radius 2 is 2.00 bits per heavy atom. The van der Waals surface area contributed by atoms with Gasteiger partial charge in [0.15, 0.2) is 0 Å². The highest BCUT2D eigenvalue weighted by atomic mass is 79.9. The zero-order valence-electron chi connectivity index (χ0n) is 11.9. The van der Waals surface area contributed by atoms with Gasteiger partial charge in [-0.25, -0.2) is 0 Å². The number of halogens is 1. The van der Waals surface area contributed by atoms with Crippen molar-refractivity contribution in [2.45, 2.75) is 46.6 Å². The average Bonchev–Trinajstić information content (AvgIpc) is 2.33. The Labute approximate surface area is 120 Å². The molecule has 0 amide bonds.